The molecule has 4 aromatic rings. The zero-order chi connectivity index (χ0) is 65.6. The Hall–Kier alpha value is -6.55. The maximum atomic E-state index is 15.7. The predicted octanol–water partition coefficient (Wildman–Crippen LogP) is 10.2. The molecule has 2 aliphatic heterocycles. The predicted molar refractivity (Wildman–Crippen MR) is 333 cm³/mol. The van der Waals surface area contributed by atoms with Crippen LogP contribution in [0.15, 0.2) is 71.2 Å². The number of hydrogen-bond acceptors (Lipinski definition) is 19. The van der Waals surface area contributed by atoms with Crippen LogP contribution in [0.25, 0.3) is 0 Å². The van der Waals surface area contributed by atoms with Crippen molar-refractivity contribution in [3.05, 3.63) is 106 Å². The van der Waals surface area contributed by atoms with E-state index in [2.05, 4.69) is 49.9 Å². The number of aliphatic imine (C=N–C) groups is 2. The Balaban J connectivity index is 0.000000263. The van der Waals surface area contributed by atoms with Crippen LogP contribution in [0.4, 0.5) is 22.4 Å². The van der Waals surface area contributed by atoms with E-state index < -0.39 is 88.3 Å². The summed E-state index contributed by atoms with van der Waals surface area (Å²) in [4.78, 5) is 92.2. The molecule has 2 aromatic heterocycles. The summed E-state index contributed by atoms with van der Waals surface area (Å²) in [5.41, 5.74) is 8.00. The molecule has 2 fully saturated rings. The quantitative estimate of drug-likeness (QED) is 0.0187. The number of carboxylic acid groups (broad SMARTS) is 1. The smallest absolute Gasteiger partial charge is 0.418 e. The van der Waals surface area contributed by atoms with E-state index in [0.29, 0.717) is 49.1 Å². The van der Waals surface area contributed by atoms with Crippen LogP contribution in [0.3, 0.4) is 0 Å². The van der Waals surface area contributed by atoms with E-state index in [1.807, 2.05) is 13.8 Å². The van der Waals surface area contributed by atoms with Gasteiger partial charge in [-0.3, -0.25) is 29.2 Å². The number of Topliss-reactive ketones (excluding diaryl/α,β-unsaturated/α-hetero) is 2. The van der Waals surface area contributed by atoms with Gasteiger partial charge in [0.15, 0.2) is 21.9 Å². The van der Waals surface area contributed by atoms with Crippen LogP contribution < -0.4 is 26.3 Å². The van der Waals surface area contributed by atoms with Crippen molar-refractivity contribution in [2.24, 2.45) is 33.3 Å². The topological polar surface area (TPSA) is 286 Å². The molecule has 0 radical (unpaired) electrons. The van der Waals surface area contributed by atoms with Crippen LogP contribution in [-0.2, 0) is 43.0 Å². The van der Waals surface area contributed by atoms with Crippen LogP contribution >= 0.6 is 23.5 Å². The van der Waals surface area contributed by atoms with Gasteiger partial charge < -0.3 is 40.8 Å². The van der Waals surface area contributed by atoms with E-state index in [4.69, 9.17) is 35.4 Å². The lowest BCUT2D eigenvalue weighted by Crippen LogP contribution is -2.52. The van der Waals surface area contributed by atoms with Crippen molar-refractivity contribution in [1.82, 2.24) is 30.2 Å². The first kappa shape index (κ1) is 70.5. The Kier molecular flexibility index (Phi) is 22.2. The van der Waals surface area contributed by atoms with Gasteiger partial charge in [-0.1, -0.05) is 55.3 Å². The minimum absolute atomic E-state index is 0.0268. The molecule has 6 N–H and O–H groups in total. The third-order valence-corrected chi connectivity index (χ3v) is 19.1. The average molecular weight is 1280 g/mol. The lowest BCUT2D eigenvalue weighted by molar-refractivity contribution is -0.137. The van der Waals surface area contributed by atoms with E-state index in [-0.39, 0.29) is 82.2 Å². The number of carbonyl (C=O) groups excluding carboxylic acids is 4. The lowest BCUT2D eigenvalue weighted by atomic mass is 9.84. The van der Waals surface area contributed by atoms with Gasteiger partial charge in [-0.15, -0.1) is 0 Å². The number of halogens is 4. The number of nitrogens with one attached hydrogen (secondary N) is 1. The van der Waals surface area contributed by atoms with Crippen LogP contribution in [0.2, 0.25) is 25.7 Å². The standard InChI is InChI=1S/C32H43FN4O7SSi.C25H29F2N5O3S.C4H10FN/c1-9-43-26-18-34-23(17-35-26)24(38)15-20-10-11-22(33)21(14-20)31(5)25-16-32(25,27(39)40)45-28(36-31)37(29(41)44-30(2,3)4)19-42-12-13-46(6,7)8;1-5-35-20-12-29-17(11-30-20)18(33)9-14-6-7-16(27)15(8-14)24(4)19-10-25(19,36-22(28)32-24)21(34)31-23(2,3)13-26;1-4(2,6)3-5/h10-11,14,17-18,25H,9,12-13,15-16,19H2,1-8H3,(H,39,40);6-8,11-12,19H,5,9-10,13H2,1-4H3,(H2,28,32)(H,31,34);3,6H2,1-2H3/t25-,31+,32-;19-,24+,25-;/m00./s1. The maximum Gasteiger partial charge on any atom is 0.418 e. The van der Waals surface area contributed by atoms with Crippen molar-refractivity contribution >= 4 is 71.5 Å². The molecule has 2 amide bonds. The number of alkyl halides is 2. The molecule has 6 atom stereocenters. The molecule has 0 unspecified atom stereocenters. The number of thioether (sulfide) groups is 2. The Bertz CT molecular complexity index is 3280. The van der Waals surface area contributed by atoms with Gasteiger partial charge >= 0.3 is 12.1 Å². The van der Waals surface area contributed by atoms with Crippen LogP contribution in [0.1, 0.15) is 132 Å². The Morgan fingerprint density at radius 2 is 1.22 bits per heavy atom. The second kappa shape index (κ2) is 27.7. The van der Waals surface area contributed by atoms with Crippen LogP contribution in [0.5, 0.6) is 11.8 Å². The molecule has 8 rings (SSSR count). The molecule has 2 aromatic carbocycles. The summed E-state index contributed by atoms with van der Waals surface area (Å²) in [5, 5.41) is 13.3. The van der Waals surface area contributed by atoms with Crippen molar-refractivity contribution < 1.29 is 65.6 Å². The number of aliphatic carboxylic acids is 1. The molecule has 4 heterocycles. The number of rotatable bonds is 22. The largest absolute Gasteiger partial charge is 0.480 e. The van der Waals surface area contributed by atoms with Gasteiger partial charge in [-0.25, -0.2) is 47.2 Å². The normalized spacial score (nSPS) is 22.7. The Morgan fingerprint density at radius 3 is 1.64 bits per heavy atom. The van der Waals surface area contributed by atoms with Crippen molar-refractivity contribution in [3.63, 3.8) is 0 Å². The second-order valence-corrected chi connectivity index (χ2v) is 34.2. The maximum absolute atomic E-state index is 15.7. The number of nitrogens with two attached hydrogens (primary N) is 2. The molecule has 2 aliphatic carbocycles. The molecular weight excluding hydrogens is 1200 g/mol. The van der Waals surface area contributed by atoms with E-state index in [1.165, 1.54) is 54.0 Å². The average Bonchev–Trinajstić information content (AvgIpc) is 1.53. The van der Waals surface area contributed by atoms with Gasteiger partial charge in [0, 0.05) is 56.0 Å². The van der Waals surface area contributed by atoms with Gasteiger partial charge in [0.1, 0.15) is 58.2 Å². The summed E-state index contributed by atoms with van der Waals surface area (Å²) in [7, 11) is -1.44. The minimum Gasteiger partial charge on any atom is -0.480 e. The number of amides is 2. The third-order valence-electron chi connectivity index (χ3n) is 14.6. The van der Waals surface area contributed by atoms with Gasteiger partial charge in [-0.2, -0.15) is 0 Å². The zero-order valence-electron chi connectivity index (χ0n) is 52.4. The molecule has 480 valence electrons. The van der Waals surface area contributed by atoms with Crippen molar-refractivity contribution in [3.8, 4) is 11.8 Å². The van der Waals surface area contributed by atoms with Crippen molar-refractivity contribution in [2.45, 2.75) is 165 Å². The highest BCUT2D eigenvalue weighted by atomic mass is 32.2. The highest BCUT2D eigenvalue weighted by Crippen LogP contribution is 2.68. The number of fused-ring (bicyclic) bond motifs is 2. The number of aromatic nitrogens is 4. The first-order chi connectivity index (χ1) is 40.9. The lowest BCUT2D eigenvalue weighted by Gasteiger charge is -2.37. The molecule has 20 nitrogen and oxygen atoms in total. The summed E-state index contributed by atoms with van der Waals surface area (Å²) in [6.45, 7) is 25.2. The minimum atomic E-state index is -1.44. The second-order valence-electron chi connectivity index (χ2n) is 26.0. The summed E-state index contributed by atoms with van der Waals surface area (Å²) in [6.07, 6.45) is 5.18. The van der Waals surface area contributed by atoms with Crippen LogP contribution in [0, 0.1) is 23.5 Å². The number of carboxylic acids is 1. The fourth-order valence-corrected chi connectivity index (χ4v) is 13.4. The Morgan fingerprint density at radius 1 is 0.739 bits per heavy atom. The molecular formula is C61H82F4N10O10S2Si. The monoisotopic (exact) mass is 1280 g/mol. The number of hydrogen-bond donors (Lipinski definition) is 4. The highest BCUT2D eigenvalue weighted by Gasteiger charge is 2.73. The van der Waals surface area contributed by atoms with Crippen LogP contribution in [-0.4, -0.2) is 144 Å². The number of nitrogens with zero attached hydrogens (tertiary/aromatic N) is 7. The van der Waals surface area contributed by atoms with E-state index in [0.717, 1.165) is 29.6 Å². The Labute approximate surface area is 521 Å². The molecule has 2 saturated carbocycles. The highest BCUT2D eigenvalue weighted by molar-refractivity contribution is 8.16. The number of ether oxygens (including phenoxy) is 4. The first-order valence-corrected chi connectivity index (χ1v) is 34.1. The van der Waals surface area contributed by atoms with Gasteiger partial charge in [0.2, 0.25) is 17.7 Å². The molecule has 88 heavy (non-hydrogen) atoms. The molecule has 0 bridgehead atoms. The molecule has 27 heteroatoms. The molecule has 0 spiro atoms. The third kappa shape index (κ3) is 17.4. The number of amidine groups is 2. The summed E-state index contributed by atoms with van der Waals surface area (Å²) in [5.74, 6) is -3.46. The fraction of sp³-hybridized carbons (Fsp3) is 0.557. The zero-order valence-corrected chi connectivity index (χ0v) is 55.1. The molecule has 0 saturated heterocycles. The first-order valence-electron chi connectivity index (χ1n) is 28.8. The summed E-state index contributed by atoms with van der Waals surface area (Å²) in [6, 6.07) is 9.56. The SMILES string of the molecule is CC(C)(N)CF.CCOc1cnc(C(=O)Cc2ccc(F)c([C@@]3(C)N=C(N(COCC[Si](C)(C)C)C(=O)OC(C)(C)C)S[C@@]4(C(=O)O)C[C@H]43)c2)cn1.CCOc1cnc(C(=O)Cc2ccc(F)c([C@@]3(C)N=C(N)S[C@@]4(C(=O)NC(C)(C)CF)C[C@H]43)c2)cn1. The van der Waals surface area contributed by atoms with E-state index in [9.17, 15) is 37.9 Å². The summed E-state index contributed by atoms with van der Waals surface area (Å²) < 4.78 is 75.4. The van der Waals surface area contributed by atoms with Gasteiger partial charge in [0.25, 0.3) is 0 Å². The van der Waals surface area contributed by atoms with Crippen molar-refractivity contribution in [2.75, 3.05) is 39.9 Å². The van der Waals surface area contributed by atoms with Gasteiger partial charge in [0.05, 0.1) is 54.6 Å². The number of benzene rings is 2. The van der Waals surface area contributed by atoms with Crippen molar-refractivity contribution in [1.29, 1.82) is 0 Å². The molecule has 4 aliphatic rings. The van der Waals surface area contributed by atoms with E-state index >= 15 is 8.78 Å². The fourth-order valence-electron chi connectivity index (χ4n) is 9.73. The van der Waals surface area contributed by atoms with E-state index in [1.54, 1.807) is 74.4 Å². The van der Waals surface area contributed by atoms with Gasteiger partial charge in [-0.05, 0) is 130 Å². The number of carbonyl (C=O) groups is 5. The number of ketones is 2. The summed E-state index contributed by atoms with van der Waals surface area (Å²) >= 11 is 2.10.